The topological polar surface area (TPSA) is 49.3 Å². The molecule has 0 heterocycles. The van der Waals surface area contributed by atoms with Crippen LogP contribution < -0.4 is 5.32 Å². The predicted octanol–water partition coefficient (Wildman–Crippen LogP) is 2.04. The minimum absolute atomic E-state index is 0.00731. The molecule has 0 aliphatic rings. The quantitative estimate of drug-likeness (QED) is 0.817. The summed E-state index contributed by atoms with van der Waals surface area (Å²) in [4.78, 5) is 11.9. The molecule has 1 rings (SSSR count). The third kappa shape index (κ3) is 5.24. The van der Waals surface area contributed by atoms with Gasteiger partial charge in [0.05, 0.1) is 5.56 Å². The first-order valence-corrected chi connectivity index (χ1v) is 7.51. The van der Waals surface area contributed by atoms with Crippen LogP contribution in [-0.2, 0) is 0 Å². The molecule has 1 amide bonds. The van der Waals surface area contributed by atoms with Gasteiger partial charge in [0.15, 0.2) is 0 Å². The lowest BCUT2D eigenvalue weighted by molar-refractivity contribution is 0.0939. The van der Waals surface area contributed by atoms with Crippen LogP contribution in [0.4, 0.5) is 4.39 Å². The molecule has 0 saturated heterocycles. The lowest BCUT2D eigenvalue weighted by atomic mass is 10.1. The van der Waals surface area contributed by atoms with E-state index in [0.29, 0.717) is 5.56 Å². The summed E-state index contributed by atoms with van der Waals surface area (Å²) in [7, 11) is 0. The van der Waals surface area contributed by atoms with Gasteiger partial charge in [0.25, 0.3) is 5.91 Å². The Hall–Kier alpha value is -1.51. The number of aliphatic hydroxyl groups is 1. The zero-order valence-corrected chi connectivity index (χ0v) is 12.4. The summed E-state index contributed by atoms with van der Waals surface area (Å²) >= 11 is 1.72. The van der Waals surface area contributed by atoms with Crippen LogP contribution in [-0.4, -0.2) is 35.2 Å². The molecular weight excluding hydrogens is 277 g/mol. The SMILES string of the molecule is CCSCC(C)NC(=O)c1ccc(C#CCO)cc1F. The maximum atomic E-state index is 13.8. The molecule has 5 heteroatoms. The molecule has 1 aromatic rings. The molecule has 1 atom stereocenters. The second-order valence-electron chi connectivity index (χ2n) is 4.19. The monoisotopic (exact) mass is 295 g/mol. The fourth-order valence-electron chi connectivity index (χ4n) is 1.56. The van der Waals surface area contributed by atoms with Crippen molar-refractivity contribution < 1.29 is 14.3 Å². The van der Waals surface area contributed by atoms with Gasteiger partial charge in [-0.15, -0.1) is 0 Å². The van der Waals surface area contributed by atoms with Crippen molar-refractivity contribution in [3.8, 4) is 11.8 Å². The summed E-state index contributed by atoms with van der Waals surface area (Å²) < 4.78 is 13.8. The minimum Gasteiger partial charge on any atom is -0.384 e. The van der Waals surface area contributed by atoms with Crippen LogP contribution >= 0.6 is 11.8 Å². The van der Waals surface area contributed by atoms with Gasteiger partial charge in [-0.25, -0.2) is 4.39 Å². The van der Waals surface area contributed by atoms with Crippen LogP contribution in [0.25, 0.3) is 0 Å². The number of thioether (sulfide) groups is 1. The lowest BCUT2D eigenvalue weighted by Gasteiger charge is -2.13. The van der Waals surface area contributed by atoms with Crippen molar-refractivity contribution in [2.75, 3.05) is 18.1 Å². The van der Waals surface area contributed by atoms with E-state index < -0.39 is 11.7 Å². The molecule has 1 unspecified atom stereocenters. The number of carbonyl (C=O) groups excluding carboxylic acids is 1. The van der Waals surface area contributed by atoms with E-state index in [1.165, 1.54) is 12.1 Å². The first-order valence-electron chi connectivity index (χ1n) is 6.36. The van der Waals surface area contributed by atoms with Crippen molar-refractivity contribution in [2.24, 2.45) is 0 Å². The molecule has 0 aliphatic heterocycles. The number of amides is 1. The number of rotatable bonds is 5. The highest BCUT2D eigenvalue weighted by atomic mass is 32.2. The van der Waals surface area contributed by atoms with E-state index in [-0.39, 0.29) is 18.2 Å². The number of nitrogens with one attached hydrogen (secondary N) is 1. The fraction of sp³-hybridized carbons (Fsp3) is 0.400. The molecule has 0 bridgehead atoms. The number of halogens is 1. The Morgan fingerprint density at radius 3 is 2.90 bits per heavy atom. The second kappa shape index (κ2) is 8.62. The van der Waals surface area contributed by atoms with E-state index >= 15 is 0 Å². The Labute approximate surface area is 123 Å². The average Bonchev–Trinajstić information content (AvgIpc) is 2.42. The molecule has 20 heavy (non-hydrogen) atoms. The number of aliphatic hydroxyl groups excluding tert-OH is 1. The molecular formula is C15H18FNO2S. The summed E-state index contributed by atoms with van der Waals surface area (Å²) in [5, 5.41) is 11.3. The average molecular weight is 295 g/mol. The van der Waals surface area contributed by atoms with Gasteiger partial charge in [-0.1, -0.05) is 18.8 Å². The van der Waals surface area contributed by atoms with Crippen molar-refractivity contribution in [2.45, 2.75) is 19.9 Å². The van der Waals surface area contributed by atoms with Crippen LogP contribution in [0.1, 0.15) is 29.8 Å². The van der Waals surface area contributed by atoms with Gasteiger partial charge >= 0.3 is 0 Å². The van der Waals surface area contributed by atoms with E-state index in [1.807, 2.05) is 13.8 Å². The third-order valence-electron chi connectivity index (χ3n) is 2.47. The standard InChI is InChI=1S/C15H18FNO2S/c1-3-20-10-11(2)17-15(19)13-7-6-12(5-4-8-18)9-14(13)16/h6-7,9,11,18H,3,8,10H2,1-2H3,(H,17,19). The molecule has 0 radical (unpaired) electrons. The Balaban J connectivity index is 2.73. The summed E-state index contributed by atoms with van der Waals surface area (Å²) in [5.74, 6) is 5.77. The van der Waals surface area contributed by atoms with E-state index in [9.17, 15) is 9.18 Å². The van der Waals surface area contributed by atoms with Crippen LogP contribution in [0, 0.1) is 17.7 Å². The maximum Gasteiger partial charge on any atom is 0.254 e. The zero-order chi connectivity index (χ0) is 15.0. The summed E-state index contributed by atoms with van der Waals surface area (Å²) in [6.45, 7) is 3.65. The predicted molar refractivity (Wildman–Crippen MR) is 80.3 cm³/mol. The first kappa shape index (κ1) is 16.5. The number of carbonyl (C=O) groups is 1. The Kier molecular flexibility index (Phi) is 7.13. The Bertz CT molecular complexity index is 522. The molecule has 0 saturated carbocycles. The highest BCUT2D eigenvalue weighted by Gasteiger charge is 2.14. The molecule has 3 nitrogen and oxygen atoms in total. The summed E-state index contributed by atoms with van der Waals surface area (Å²) in [5.41, 5.74) is 0.440. The number of benzene rings is 1. The second-order valence-corrected chi connectivity index (χ2v) is 5.51. The van der Waals surface area contributed by atoms with Crippen molar-refractivity contribution in [3.05, 3.63) is 35.1 Å². The van der Waals surface area contributed by atoms with Crippen LogP contribution in [0.3, 0.4) is 0 Å². The van der Waals surface area contributed by atoms with E-state index in [0.717, 1.165) is 11.5 Å². The van der Waals surface area contributed by atoms with E-state index in [4.69, 9.17) is 5.11 Å². The van der Waals surface area contributed by atoms with Gasteiger partial charge in [0.2, 0.25) is 0 Å². The van der Waals surface area contributed by atoms with Gasteiger partial charge in [0, 0.05) is 17.4 Å². The normalized spacial score (nSPS) is 11.4. The summed E-state index contributed by atoms with van der Waals surface area (Å²) in [6, 6.07) is 4.15. The molecule has 108 valence electrons. The van der Waals surface area contributed by atoms with Gasteiger partial charge < -0.3 is 10.4 Å². The van der Waals surface area contributed by atoms with Gasteiger partial charge in [-0.05, 0) is 30.9 Å². The highest BCUT2D eigenvalue weighted by Crippen LogP contribution is 2.11. The van der Waals surface area contributed by atoms with Crippen molar-refractivity contribution in [1.82, 2.24) is 5.32 Å². The Morgan fingerprint density at radius 1 is 1.55 bits per heavy atom. The number of hydrogen-bond acceptors (Lipinski definition) is 3. The number of hydrogen-bond donors (Lipinski definition) is 2. The molecule has 0 aromatic heterocycles. The van der Waals surface area contributed by atoms with Crippen LogP contribution in [0.5, 0.6) is 0 Å². The molecule has 2 N–H and O–H groups in total. The molecule has 0 spiro atoms. The van der Waals surface area contributed by atoms with Crippen LogP contribution in [0.15, 0.2) is 18.2 Å². The minimum atomic E-state index is -0.609. The molecule has 0 aliphatic carbocycles. The first-order chi connectivity index (χ1) is 9.58. The Morgan fingerprint density at radius 2 is 2.30 bits per heavy atom. The lowest BCUT2D eigenvalue weighted by Crippen LogP contribution is -2.34. The summed E-state index contributed by atoms with van der Waals surface area (Å²) in [6.07, 6.45) is 0. The third-order valence-corrected chi connectivity index (χ3v) is 3.62. The fourth-order valence-corrected chi connectivity index (χ4v) is 2.23. The van der Waals surface area contributed by atoms with Gasteiger partial charge in [-0.3, -0.25) is 4.79 Å². The molecule has 0 fully saturated rings. The van der Waals surface area contributed by atoms with Crippen LogP contribution in [0.2, 0.25) is 0 Å². The van der Waals surface area contributed by atoms with Gasteiger partial charge in [0.1, 0.15) is 12.4 Å². The van der Waals surface area contributed by atoms with Crippen molar-refractivity contribution in [3.63, 3.8) is 0 Å². The van der Waals surface area contributed by atoms with E-state index in [2.05, 4.69) is 17.2 Å². The van der Waals surface area contributed by atoms with Crippen molar-refractivity contribution >= 4 is 17.7 Å². The maximum absolute atomic E-state index is 13.8. The highest BCUT2D eigenvalue weighted by molar-refractivity contribution is 7.99. The smallest absolute Gasteiger partial charge is 0.254 e. The zero-order valence-electron chi connectivity index (χ0n) is 11.6. The van der Waals surface area contributed by atoms with Crippen molar-refractivity contribution in [1.29, 1.82) is 0 Å². The van der Waals surface area contributed by atoms with Gasteiger partial charge in [-0.2, -0.15) is 11.8 Å². The largest absolute Gasteiger partial charge is 0.384 e. The molecule has 1 aromatic carbocycles. The van der Waals surface area contributed by atoms with E-state index in [1.54, 1.807) is 17.8 Å².